The highest BCUT2D eigenvalue weighted by Gasteiger charge is 2.10. The van der Waals surface area contributed by atoms with Crippen LogP contribution in [-0.4, -0.2) is 24.5 Å². The highest BCUT2D eigenvalue weighted by molar-refractivity contribution is 7.92. The van der Waals surface area contributed by atoms with Crippen molar-refractivity contribution < 1.29 is 8.42 Å². The van der Waals surface area contributed by atoms with Crippen LogP contribution in [0.5, 0.6) is 0 Å². The van der Waals surface area contributed by atoms with Crippen molar-refractivity contribution in [1.82, 2.24) is 9.78 Å². The van der Waals surface area contributed by atoms with Crippen LogP contribution in [0, 0.1) is 18.3 Å². The van der Waals surface area contributed by atoms with E-state index >= 15 is 0 Å². The zero-order valence-electron chi connectivity index (χ0n) is 13.8. The van der Waals surface area contributed by atoms with Gasteiger partial charge in [-0.15, -0.1) is 0 Å². The fourth-order valence-corrected chi connectivity index (χ4v) is 3.07. The molecule has 0 unspecified atom stereocenters. The summed E-state index contributed by atoms with van der Waals surface area (Å²) in [6.07, 6.45) is 1.11. The van der Waals surface area contributed by atoms with Gasteiger partial charge < -0.3 is 0 Å². The van der Waals surface area contributed by atoms with Crippen LogP contribution < -0.4 is 4.72 Å². The first-order chi connectivity index (χ1) is 11.9. The minimum absolute atomic E-state index is 0.495. The fraction of sp³-hybridized carbons (Fsp3) is 0.111. The predicted molar refractivity (Wildman–Crippen MR) is 96.9 cm³/mol. The zero-order valence-corrected chi connectivity index (χ0v) is 14.6. The number of nitrogens with zero attached hydrogens (tertiary/aromatic N) is 3. The molecule has 0 radical (unpaired) electrons. The smallest absolute Gasteiger partial charge is 0.229 e. The molecule has 0 aliphatic carbocycles. The van der Waals surface area contributed by atoms with Crippen molar-refractivity contribution in [3.05, 3.63) is 65.9 Å². The molecular weight excluding hydrogens is 336 g/mol. The van der Waals surface area contributed by atoms with Crippen molar-refractivity contribution in [3.8, 4) is 23.0 Å². The molecule has 0 fully saturated rings. The third-order valence-corrected chi connectivity index (χ3v) is 4.16. The second-order valence-corrected chi connectivity index (χ2v) is 7.44. The summed E-state index contributed by atoms with van der Waals surface area (Å²) in [5.74, 6) is 0. The molecule has 1 aromatic heterocycles. The summed E-state index contributed by atoms with van der Waals surface area (Å²) in [5, 5.41) is 13.4. The van der Waals surface area contributed by atoms with E-state index in [-0.39, 0.29) is 0 Å². The summed E-state index contributed by atoms with van der Waals surface area (Å²) in [6.45, 7) is 1.91. The Hall–Kier alpha value is -3.11. The van der Waals surface area contributed by atoms with Gasteiger partial charge in [0.05, 0.1) is 35.0 Å². The summed E-state index contributed by atoms with van der Waals surface area (Å²) in [7, 11) is -3.31. The van der Waals surface area contributed by atoms with E-state index in [1.165, 1.54) is 0 Å². The van der Waals surface area contributed by atoms with Gasteiger partial charge in [-0.25, -0.2) is 13.1 Å². The molecule has 0 aliphatic rings. The lowest BCUT2D eigenvalue weighted by Gasteiger charge is -2.09. The van der Waals surface area contributed by atoms with Gasteiger partial charge >= 0.3 is 0 Å². The Labute approximate surface area is 146 Å². The summed E-state index contributed by atoms with van der Waals surface area (Å²) < 4.78 is 26.8. The topological polar surface area (TPSA) is 87.8 Å². The predicted octanol–water partition coefficient (Wildman–Crippen LogP) is 3.09. The van der Waals surface area contributed by atoms with Crippen LogP contribution in [0.15, 0.2) is 54.6 Å². The fourth-order valence-electron chi connectivity index (χ4n) is 2.50. The van der Waals surface area contributed by atoms with Gasteiger partial charge in [-0.2, -0.15) is 10.4 Å². The molecule has 0 bridgehead atoms. The van der Waals surface area contributed by atoms with Crippen LogP contribution in [-0.2, 0) is 10.0 Å². The lowest BCUT2D eigenvalue weighted by Crippen LogP contribution is -2.09. The summed E-state index contributed by atoms with van der Waals surface area (Å²) in [5.41, 5.74) is 4.60. The summed E-state index contributed by atoms with van der Waals surface area (Å²) >= 11 is 0. The number of nitriles is 1. The number of benzene rings is 2. The van der Waals surface area contributed by atoms with Crippen molar-refractivity contribution in [2.24, 2.45) is 0 Å². The van der Waals surface area contributed by atoms with Crippen LogP contribution >= 0.6 is 0 Å². The van der Waals surface area contributed by atoms with Crippen LogP contribution in [0.4, 0.5) is 5.69 Å². The molecule has 25 heavy (non-hydrogen) atoms. The maximum atomic E-state index is 11.3. The number of rotatable bonds is 4. The molecule has 0 aliphatic heterocycles. The Morgan fingerprint density at radius 2 is 1.72 bits per heavy atom. The number of nitrogens with one attached hydrogen (secondary N) is 1. The van der Waals surface area contributed by atoms with E-state index < -0.39 is 10.0 Å². The maximum Gasteiger partial charge on any atom is 0.229 e. The van der Waals surface area contributed by atoms with Gasteiger partial charge in [-0.05, 0) is 49.4 Å². The van der Waals surface area contributed by atoms with Gasteiger partial charge in [0, 0.05) is 11.3 Å². The molecule has 0 saturated carbocycles. The zero-order chi connectivity index (χ0) is 18.0. The summed E-state index contributed by atoms with van der Waals surface area (Å²) in [6, 6.07) is 18.3. The lowest BCUT2D eigenvalue weighted by molar-refractivity contribution is 0.607. The van der Waals surface area contributed by atoms with Crippen LogP contribution in [0.2, 0.25) is 0 Å². The molecular formula is C18H16N4O2S. The first kappa shape index (κ1) is 16.7. The van der Waals surface area contributed by atoms with Crippen LogP contribution in [0.3, 0.4) is 0 Å². The number of aromatic nitrogens is 2. The van der Waals surface area contributed by atoms with Crippen molar-refractivity contribution >= 4 is 15.7 Å². The molecule has 126 valence electrons. The average Bonchev–Trinajstić information content (AvgIpc) is 2.96. The van der Waals surface area contributed by atoms with Crippen molar-refractivity contribution in [3.63, 3.8) is 0 Å². The normalized spacial score (nSPS) is 11.1. The van der Waals surface area contributed by atoms with Crippen LogP contribution in [0.1, 0.15) is 11.3 Å². The summed E-state index contributed by atoms with van der Waals surface area (Å²) in [4.78, 5) is 0. The SMILES string of the molecule is Cc1cc(-c2ccc(C#N)cc2)n(-c2ccc(NS(C)(=O)=O)cc2)n1. The third kappa shape index (κ3) is 3.87. The van der Waals surface area contributed by atoms with E-state index in [1.807, 2.05) is 25.1 Å². The average molecular weight is 352 g/mol. The molecule has 0 atom stereocenters. The first-order valence-electron chi connectivity index (χ1n) is 7.51. The minimum Gasteiger partial charge on any atom is -0.284 e. The van der Waals surface area contributed by atoms with Gasteiger partial charge in [0.25, 0.3) is 0 Å². The molecule has 6 nitrogen and oxygen atoms in total. The van der Waals surface area contributed by atoms with E-state index in [9.17, 15) is 8.42 Å². The van der Waals surface area contributed by atoms with Crippen molar-refractivity contribution in [2.45, 2.75) is 6.92 Å². The van der Waals surface area contributed by atoms with Gasteiger partial charge in [0.15, 0.2) is 0 Å². The molecule has 1 heterocycles. The number of anilines is 1. The number of hydrogen-bond donors (Lipinski definition) is 1. The quantitative estimate of drug-likeness (QED) is 0.781. The Balaban J connectivity index is 1.99. The number of hydrogen-bond acceptors (Lipinski definition) is 4. The Morgan fingerprint density at radius 3 is 2.28 bits per heavy atom. The Bertz CT molecular complexity index is 1040. The number of sulfonamides is 1. The van der Waals surface area contributed by atoms with Crippen molar-refractivity contribution in [1.29, 1.82) is 5.26 Å². The van der Waals surface area contributed by atoms with Crippen LogP contribution in [0.25, 0.3) is 16.9 Å². The third-order valence-electron chi connectivity index (χ3n) is 3.56. The highest BCUT2D eigenvalue weighted by atomic mass is 32.2. The molecule has 0 saturated heterocycles. The standard InChI is InChI=1S/C18H16N4O2S/c1-13-11-18(15-5-3-14(12-19)4-6-15)22(20-13)17-9-7-16(8-10-17)21-25(2,23)24/h3-11,21H,1-2H3. The van der Waals surface area contributed by atoms with Gasteiger partial charge in [-0.1, -0.05) is 12.1 Å². The molecule has 3 rings (SSSR count). The molecule has 0 amide bonds. The number of aryl methyl sites for hydroxylation is 1. The van der Waals surface area contributed by atoms with Crippen molar-refractivity contribution in [2.75, 3.05) is 11.0 Å². The maximum absolute atomic E-state index is 11.3. The Kier molecular flexibility index (Phi) is 4.30. The monoisotopic (exact) mass is 352 g/mol. The van der Waals surface area contributed by atoms with E-state index in [2.05, 4.69) is 15.9 Å². The van der Waals surface area contributed by atoms with Gasteiger partial charge in [0.2, 0.25) is 10.0 Å². The second kappa shape index (κ2) is 6.42. The first-order valence-corrected chi connectivity index (χ1v) is 9.40. The van der Waals surface area contributed by atoms with Gasteiger partial charge in [0.1, 0.15) is 0 Å². The minimum atomic E-state index is -3.31. The molecule has 3 aromatic rings. The van der Waals surface area contributed by atoms with Gasteiger partial charge in [-0.3, -0.25) is 4.72 Å². The Morgan fingerprint density at radius 1 is 1.08 bits per heavy atom. The second-order valence-electron chi connectivity index (χ2n) is 5.69. The van der Waals surface area contributed by atoms with E-state index in [1.54, 1.807) is 41.1 Å². The largest absolute Gasteiger partial charge is 0.284 e. The van der Waals surface area contributed by atoms with E-state index in [0.29, 0.717) is 11.3 Å². The lowest BCUT2D eigenvalue weighted by atomic mass is 10.1. The molecule has 1 N–H and O–H groups in total. The molecule has 7 heteroatoms. The van der Waals surface area contributed by atoms with E-state index in [0.717, 1.165) is 28.9 Å². The van der Waals surface area contributed by atoms with E-state index in [4.69, 9.17) is 5.26 Å². The molecule has 0 spiro atoms. The molecule has 2 aromatic carbocycles. The highest BCUT2D eigenvalue weighted by Crippen LogP contribution is 2.25.